The average Bonchev–Trinajstić information content (AvgIpc) is 2.71. The number of aromatic amines is 1. The summed E-state index contributed by atoms with van der Waals surface area (Å²) >= 11 is 0. The summed E-state index contributed by atoms with van der Waals surface area (Å²) < 4.78 is 0. The van der Waals surface area contributed by atoms with Gasteiger partial charge in [0.25, 0.3) is 0 Å². The van der Waals surface area contributed by atoms with Gasteiger partial charge in [-0.2, -0.15) is 0 Å². The second kappa shape index (κ2) is 3.77. The minimum atomic E-state index is 1.20. The number of rotatable bonds is 1. The maximum absolute atomic E-state index is 3.33. The summed E-state index contributed by atoms with van der Waals surface area (Å²) in [6.45, 7) is 4.29. The number of aryl methyl sites for hydroxylation is 2. The molecule has 0 spiro atoms. The van der Waals surface area contributed by atoms with Crippen LogP contribution in [0.3, 0.4) is 0 Å². The first-order valence-corrected chi connectivity index (χ1v) is 5.89. The SMILES string of the molecule is Cc1cc(C)cc(-c2c[nH]c3ccccc23)c1. The number of hydrogen-bond donors (Lipinski definition) is 1. The molecule has 0 saturated heterocycles. The first-order valence-electron chi connectivity index (χ1n) is 5.89. The molecule has 3 aromatic rings. The zero-order valence-electron chi connectivity index (χ0n) is 10.1. The Hall–Kier alpha value is -2.02. The molecule has 0 amide bonds. The Morgan fingerprint density at radius 3 is 2.35 bits per heavy atom. The highest BCUT2D eigenvalue weighted by Gasteiger charge is 2.05. The number of aromatic nitrogens is 1. The molecule has 0 saturated carbocycles. The molecule has 84 valence electrons. The van der Waals surface area contributed by atoms with Crippen LogP contribution >= 0.6 is 0 Å². The number of para-hydroxylation sites is 1. The molecule has 1 N–H and O–H groups in total. The Balaban J connectivity index is 2.27. The summed E-state index contributed by atoms with van der Waals surface area (Å²) in [6.07, 6.45) is 2.10. The lowest BCUT2D eigenvalue weighted by molar-refractivity contribution is 1.38. The van der Waals surface area contributed by atoms with Crippen LogP contribution in [0.2, 0.25) is 0 Å². The summed E-state index contributed by atoms with van der Waals surface area (Å²) in [4.78, 5) is 3.33. The van der Waals surface area contributed by atoms with Crippen molar-refractivity contribution >= 4 is 10.9 Å². The molecule has 2 aromatic carbocycles. The van der Waals surface area contributed by atoms with Crippen molar-refractivity contribution in [1.82, 2.24) is 4.98 Å². The van der Waals surface area contributed by atoms with Crippen molar-refractivity contribution < 1.29 is 0 Å². The van der Waals surface area contributed by atoms with Crippen LogP contribution in [0.5, 0.6) is 0 Å². The first-order chi connectivity index (χ1) is 8.24. The third kappa shape index (κ3) is 1.74. The maximum Gasteiger partial charge on any atom is 0.0460 e. The van der Waals surface area contributed by atoms with Crippen molar-refractivity contribution in [3.8, 4) is 11.1 Å². The molecular formula is C16H15N. The van der Waals surface area contributed by atoms with Gasteiger partial charge in [-0.05, 0) is 25.5 Å². The molecule has 0 aliphatic carbocycles. The van der Waals surface area contributed by atoms with Crippen molar-refractivity contribution in [2.75, 3.05) is 0 Å². The number of H-pyrrole nitrogens is 1. The third-order valence-electron chi connectivity index (χ3n) is 3.12. The Bertz CT molecular complexity index is 657. The van der Waals surface area contributed by atoms with E-state index in [1.165, 1.54) is 33.2 Å². The van der Waals surface area contributed by atoms with Crippen molar-refractivity contribution in [2.45, 2.75) is 13.8 Å². The van der Waals surface area contributed by atoms with E-state index in [0.717, 1.165) is 0 Å². The van der Waals surface area contributed by atoms with Gasteiger partial charge in [-0.3, -0.25) is 0 Å². The minimum Gasteiger partial charge on any atom is -0.361 e. The van der Waals surface area contributed by atoms with Gasteiger partial charge in [0.1, 0.15) is 0 Å². The maximum atomic E-state index is 3.33. The molecule has 0 radical (unpaired) electrons. The third-order valence-corrected chi connectivity index (χ3v) is 3.12. The molecule has 0 fully saturated rings. The van der Waals surface area contributed by atoms with Crippen LogP contribution in [0.4, 0.5) is 0 Å². The van der Waals surface area contributed by atoms with Crippen LogP contribution in [0, 0.1) is 13.8 Å². The van der Waals surface area contributed by atoms with Crippen molar-refractivity contribution in [2.24, 2.45) is 0 Å². The van der Waals surface area contributed by atoms with E-state index in [0.29, 0.717) is 0 Å². The molecular weight excluding hydrogens is 206 g/mol. The molecule has 1 aromatic heterocycles. The van der Waals surface area contributed by atoms with Crippen LogP contribution in [0.1, 0.15) is 11.1 Å². The fourth-order valence-corrected chi connectivity index (χ4v) is 2.44. The van der Waals surface area contributed by atoms with E-state index in [9.17, 15) is 0 Å². The fourth-order valence-electron chi connectivity index (χ4n) is 2.44. The van der Waals surface area contributed by atoms with E-state index in [1.807, 2.05) is 0 Å². The van der Waals surface area contributed by atoms with E-state index in [2.05, 4.69) is 67.5 Å². The second-order valence-electron chi connectivity index (χ2n) is 4.62. The van der Waals surface area contributed by atoms with Gasteiger partial charge >= 0.3 is 0 Å². The Kier molecular flexibility index (Phi) is 2.25. The standard InChI is InChI=1S/C16H15N/c1-11-7-12(2)9-13(8-11)15-10-17-16-6-4-3-5-14(15)16/h3-10,17H,1-2H3. The van der Waals surface area contributed by atoms with E-state index in [-0.39, 0.29) is 0 Å². The molecule has 3 rings (SSSR count). The monoisotopic (exact) mass is 221 g/mol. The normalized spacial score (nSPS) is 10.9. The van der Waals surface area contributed by atoms with Crippen molar-refractivity contribution in [1.29, 1.82) is 0 Å². The lowest BCUT2D eigenvalue weighted by atomic mass is 10.0. The molecule has 17 heavy (non-hydrogen) atoms. The van der Waals surface area contributed by atoms with Crippen molar-refractivity contribution in [3.05, 3.63) is 59.8 Å². The molecule has 1 nitrogen and oxygen atoms in total. The Morgan fingerprint density at radius 1 is 0.882 bits per heavy atom. The number of hydrogen-bond acceptors (Lipinski definition) is 0. The number of nitrogens with one attached hydrogen (secondary N) is 1. The van der Waals surface area contributed by atoms with Crippen LogP contribution in [-0.2, 0) is 0 Å². The molecule has 0 atom stereocenters. The number of fused-ring (bicyclic) bond motifs is 1. The van der Waals surface area contributed by atoms with Gasteiger partial charge < -0.3 is 4.98 Å². The topological polar surface area (TPSA) is 15.8 Å². The summed E-state index contributed by atoms with van der Waals surface area (Å²) in [6, 6.07) is 15.1. The van der Waals surface area contributed by atoms with Gasteiger partial charge in [-0.15, -0.1) is 0 Å². The predicted octanol–water partition coefficient (Wildman–Crippen LogP) is 4.45. The summed E-state index contributed by atoms with van der Waals surface area (Å²) in [5, 5.41) is 1.29. The zero-order chi connectivity index (χ0) is 11.8. The quantitative estimate of drug-likeness (QED) is 0.624. The van der Waals surface area contributed by atoms with E-state index in [4.69, 9.17) is 0 Å². The highest BCUT2D eigenvalue weighted by molar-refractivity contribution is 5.95. The highest BCUT2D eigenvalue weighted by Crippen LogP contribution is 2.29. The van der Waals surface area contributed by atoms with Crippen LogP contribution in [0.15, 0.2) is 48.7 Å². The van der Waals surface area contributed by atoms with Crippen LogP contribution in [-0.4, -0.2) is 4.98 Å². The van der Waals surface area contributed by atoms with Crippen LogP contribution < -0.4 is 0 Å². The minimum absolute atomic E-state index is 1.20. The van der Waals surface area contributed by atoms with Gasteiger partial charge in [-0.1, -0.05) is 47.5 Å². The second-order valence-corrected chi connectivity index (χ2v) is 4.62. The molecule has 1 heterocycles. The summed E-state index contributed by atoms with van der Waals surface area (Å²) in [5.41, 5.74) is 6.39. The van der Waals surface area contributed by atoms with Crippen LogP contribution in [0.25, 0.3) is 22.0 Å². The van der Waals surface area contributed by atoms with Gasteiger partial charge in [0.15, 0.2) is 0 Å². The fraction of sp³-hybridized carbons (Fsp3) is 0.125. The largest absolute Gasteiger partial charge is 0.361 e. The Morgan fingerprint density at radius 2 is 1.59 bits per heavy atom. The molecule has 0 unspecified atom stereocenters. The van der Waals surface area contributed by atoms with E-state index >= 15 is 0 Å². The van der Waals surface area contributed by atoms with Gasteiger partial charge in [0.2, 0.25) is 0 Å². The predicted molar refractivity (Wildman–Crippen MR) is 73.2 cm³/mol. The average molecular weight is 221 g/mol. The van der Waals surface area contributed by atoms with Crippen molar-refractivity contribution in [3.63, 3.8) is 0 Å². The molecule has 0 bridgehead atoms. The summed E-state index contributed by atoms with van der Waals surface area (Å²) in [7, 11) is 0. The smallest absolute Gasteiger partial charge is 0.0460 e. The molecule has 0 aliphatic rings. The Labute approximate surface area is 101 Å². The van der Waals surface area contributed by atoms with Gasteiger partial charge in [0, 0.05) is 22.7 Å². The lowest BCUT2D eigenvalue weighted by Gasteiger charge is -2.03. The van der Waals surface area contributed by atoms with E-state index in [1.54, 1.807) is 0 Å². The highest BCUT2D eigenvalue weighted by atomic mass is 14.7. The first kappa shape index (κ1) is 10.2. The lowest BCUT2D eigenvalue weighted by Crippen LogP contribution is -1.81. The molecule has 0 aliphatic heterocycles. The van der Waals surface area contributed by atoms with Gasteiger partial charge in [-0.25, -0.2) is 0 Å². The molecule has 1 heteroatoms. The summed E-state index contributed by atoms with van der Waals surface area (Å²) in [5.74, 6) is 0. The van der Waals surface area contributed by atoms with E-state index < -0.39 is 0 Å². The van der Waals surface area contributed by atoms with Gasteiger partial charge in [0.05, 0.1) is 0 Å². The zero-order valence-corrected chi connectivity index (χ0v) is 10.1. The number of benzene rings is 2.